The van der Waals surface area contributed by atoms with Crippen LogP contribution in [0.4, 0.5) is 0 Å². The third-order valence-corrected chi connectivity index (χ3v) is 1.38. The highest BCUT2D eigenvalue weighted by Gasteiger charge is 2.12. The highest BCUT2D eigenvalue weighted by Crippen LogP contribution is 1.97. The molecule has 1 heterocycles. The van der Waals surface area contributed by atoms with Crippen LogP contribution in [0, 0.1) is 0 Å². The van der Waals surface area contributed by atoms with Crippen LogP contribution >= 0.6 is 0 Å². The van der Waals surface area contributed by atoms with Crippen LogP contribution in [0.3, 0.4) is 0 Å². The lowest BCUT2D eigenvalue weighted by molar-refractivity contribution is 0.0196. The lowest BCUT2D eigenvalue weighted by Gasteiger charge is -2.25. The normalized spacial score (nSPS) is 39.8. The van der Waals surface area contributed by atoms with Crippen molar-refractivity contribution < 1.29 is 4.74 Å². The Balaban J connectivity index is 2.19. The smallest absolute Gasteiger partial charge is 0.0672 e. The maximum absolute atomic E-state index is 5.33. The predicted molar refractivity (Wildman–Crippen MR) is 32.9 cm³/mol. The lowest BCUT2D eigenvalue weighted by atomic mass is 10.3. The molecule has 2 heteroatoms. The maximum atomic E-state index is 5.33. The van der Waals surface area contributed by atoms with Crippen molar-refractivity contribution in [2.45, 2.75) is 26.0 Å². The molecule has 1 aliphatic heterocycles. The summed E-state index contributed by atoms with van der Waals surface area (Å²) in [4.78, 5) is 0. The minimum Gasteiger partial charge on any atom is -0.376 e. The number of rotatable bonds is 0. The van der Waals surface area contributed by atoms with E-state index in [2.05, 4.69) is 19.2 Å². The van der Waals surface area contributed by atoms with Crippen LogP contribution in [0.1, 0.15) is 13.8 Å². The second-order valence-corrected chi connectivity index (χ2v) is 2.45. The molecule has 1 fully saturated rings. The molecule has 1 unspecified atom stereocenters. The zero-order valence-electron chi connectivity index (χ0n) is 5.48. The summed E-state index contributed by atoms with van der Waals surface area (Å²) in [5.41, 5.74) is 0. The quantitative estimate of drug-likeness (QED) is 0.493. The van der Waals surface area contributed by atoms with Crippen molar-refractivity contribution in [3.05, 3.63) is 0 Å². The highest BCUT2D eigenvalue weighted by molar-refractivity contribution is 4.68. The van der Waals surface area contributed by atoms with Gasteiger partial charge in [0.25, 0.3) is 0 Å². The van der Waals surface area contributed by atoms with E-state index in [9.17, 15) is 0 Å². The minimum atomic E-state index is 0.409. The highest BCUT2D eigenvalue weighted by atomic mass is 16.5. The maximum Gasteiger partial charge on any atom is 0.0672 e. The van der Waals surface area contributed by atoms with Gasteiger partial charge in [-0.25, -0.2) is 0 Å². The largest absolute Gasteiger partial charge is 0.376 e. The first-order valence-electron chi connectivity index (χ1n) is 3.14. The fourth-order valence-corrected chi connectivity index (χ4v) is 0.794. The van der Waals surface area contributed by atoms with E-state index >= 15 is 0 Å². The van der Waals surface area contributed by atoms with Gasteiger partial charge in [-0.3, -0.25) is 0 Å². The number of hydrogen-bond acceptors (Lipinski definition) is 2. The molecule has 0 aromatic heterocycles. The first-order chi connectivity index (χ1) is 3.79. The Bertz CT molecular complexity index is 56.9. The zero-order chi connectivity index (χ0) is 5.98. The Labute approximate surface area is 50.2 Å². The van der Waals surface area contributed by atoms with Gasteiger partial charge in [-0.2, -0.15) is 0 Å². The van der Waals surface area contributed by atoms with Gasteiger partial charge in [0.2, 0.25) is 0 Å². The molecule has 1 aliphatic rings. The SMILES string of the molecule is CC1CN[C@@H](C)CO1. The molecule has 8 heavy (non-hydrogen) atoms. The van der Waals surface area contributed by atoms with Gasteiger partial charge >= 0.3 is 0 Å². The molecule has 0 aromatic carbocycles. The summed E-state index contributed by atoms with van der Waals surface area (Å²) in [6, 6.07) is 0.547. The first-order valence-corrected chi connectivity index (χ1v) is 3.14. The summed E-state index contributed by atoms with van der Waals surface area (Å²) in [6.45, 7) is 6.08. The van der Waals surface area contributed by atoms with E-state index < -0.39 is 0 Å². The van der Waals surface area contributed by atoms with Gasteiger partial charge < -0.3 is 10.1 Å². The average Bonchev–Trinajstić information content (AvgIpc) is 1.77. The van der Waals surface area contributed by atoms with Gasteiger partial charge in [-0.1, -0.05) is 0 Å². The first kappa shape index (κ1) is 6.05. The van der Waals surface area contributed by atoms with Crippen LogP contribution in [0.25, 0.3) is 0 Å². The minimum absolute atomic E-state index is 0.409. The van der Waals surface area contributed by atoms with E-state index in [1.807, 2.05) is 0 Å². The van der Waals surface area contributed by atoms with Crippen molar-refractivity contribution in [3.63, 3.8) is 0 Å². The standard InChI is InChI=1S/C6H13NO/c1-5-4-8-6(2)3-7-5/h5-7H,3-4H2,1-2H3/t5-,6?/m0/s1. The lowest BCUT2D eigenvalue weighted by Crippen LogP contribution is -2.43. The van der Waals surface area contributed by atoms with E-state index in [0.717, 1.165) is 13.2 Å². The number of hydrogen-bond donors (Lipinski definition) is 1. The molecule has 2 nitrogen and oxygen atoms in total. The van der Waals surface area contributed by atoms with E-state index in [4.69, 9.17) is 4.74 Å². The fraction of sp³-hybridized carbons (Fsp3) is 1.00. The monoisotopic (exact) mass is 115 g/mol. The third kappa shape index (κ3) is 1.46. The number of ether oxygens (including phenoxy) is 1. The molecule has 0 spiro atoms. The summed E-state index contributed by atoms with van der Waals surface area (Å²) >= 11 is 0. The summed E-state index contributed by atoms with van der Waals surface area (Å²) < 4.78 is 5.33. The van der Waals surface area contributed by atoms with Gasteiger partial charge in [0.1, 0.15) is 0 Å². The predicted octanol–water partition coefficient (Wildman–Crippen LogP) is 0.383. The molecule has 0 amide bonds. The number of morpholine rings is 1. The van der Waals surface area contributed by atoms with E-state index in [0.29, 0.717) is 12.1 Å². The van der Waals surface area contributed by atoms with Gasteiger partial charge in [-0.05, 0) is 13.8 Å². The molecule has 0 saturated carbocycles. The summed E-state index contributed by atoms with van der Waals surface area (Å²) in [7, 11) is 0. The Morgan fingerprint density at radius 2 is 2.25 bits per heavy atom. The third-order valence-electron chi connectivity index (χ3n) is 1.38. The van der Waals surface area contributed by atoms with Gasteiger partial charge in [0.05, 0.1) is 12.7 Å². The van der Waals surface area contributed by atoms with E-state index in [1.165, 1.54) is 0 Å². The van der Waals surface area contributed by atoms with Crippen LogP contribution in [0.15, 0.2) is 0 Å². The molecule has 0 radical (unpaired) electrons. The Morgan fingerprint density at radius 3 is 2.62 bits per heavy atom. The Kier molecular flexibility index (Phi) is 1.86. The molecule has 1 rings (SSSR count). The van der Waals surface area contributed by atoms with Gasteiger partial charge in [0.15, 0.2) is 0 Å². The molecule has 0 aromatic rings. The summed E-state index contributed by atoms with van der Waals surface area (Å²) in [6.07, 6.45) is 0.409. The second-order valence-electron chi connectivity index (χ2n) is 2.45. The average molecular weight is 115 g/mol. The Hall–Kier alpha value is -0.0800. The van der Waals surface area contributed by atoms with E-state index in [-0.39, 0.29) is 0 Å². The molecule has 1 N–H and O–H groups in total. The molecule has 1 saturated heterocycles. The molecular weight excluding hydrogens is 102 g/mol. The summed E-state index contributed by atoms with van der Waals surface area (Å²) in [5.74, 6) is 0. The molecule has 2 atom stereocenters. The fourth-order valence-electron chi connectivity index (χ4n) is 0.794. The topological polar surface area (TPSA) is 21.3 Å². The van der Waals surface area contributed by atoms with Crippen molar-refractivity contribution in [3.8, 4) is 0 Å². The van der Waals surface area contributed by atoms with Crippen LogP contribution in [0.5, 0.6) is 0 Å². The van der Waals surface area contributed by atoms with Gasteiger partial charge in [-0.15, -0.1) is 0 Å². The van der Waals surface area contributed by atoms with Crippen molar-refractivity contribution in [1.82, 2.24) is 5.32 Å². The Morgan fingerprint density at radius 1 is 1.50 bits per heavy atom. The van der Waals surface area contributed by atoms with Crippen LogP contribution in [0.2, 0.25) is 0 Å². The molecular formula is C6H13NO. The van der Waals surface area contributed by atoms with Crippen LogP contribution in [-0.2, 0) is 4.74 Å². The molecule has 0 bridgehead atoms. The van der Waals surface area contributed by atoms with Crippen molar-refractivity contribution in [2.75, 3.05) is 13.2 Å². The summed E-state index contributed by atoms with van der Waals surface area (Å²) in [5, 5.41) is 3.31. The zero-order valence-corrected chi connectivity index (χ0v) is 5.48. The van der Waals surface area contributed by atoms with Crippen molar-refractivity contribution >= 4 is 0 Å². The van der Waals surface area contributed by atoms with Crippen molar-refractivity contribution in [2.24, 2.45) is 0 Å². The number of nitrogens with one attached hydrogen (secondary N) is 1. The van der Waals surface area contributed by atoms with Crippen LogP contribution < -0.4 is 5.32 Å². The van der Waals surface area contributed by atoms with Crippen molar-refractivity contribution in [1.29, 1.82) is 0 Å². The van der Waals surface area contributed by atoms with Crippen LogP contribution in [-0.4, -0.2) is 25.3 Å². The van der Waals surface area contributed by atoms with Gasteiger partial charge in [0, 0.05) is 12.6 Å². The molecule has 48 valence electrons. The molecule has 0 aliphatic carbocycles. The van der Waals surface area contributed by atoms with E-state index in [1.54, 1.807) is 0 Å². The second kappa shape index (κ2) is 2.46.